The van der Waals surface area contributed by atoms with Crippen LogP contribution in [0.15, 0.2) is 30.3 Å². The molecule has 0 aliphatic heterocycles. The van der Waals surface area contributed by atoms with Crippen LogP contribution in [0.3, 0.4) is 0 Å². The van der Waals surface area contributed by atoms with E-state index in [0.29, 0.717) is 26.9 Å². The average molecular weight is 270 g/mol. The lowest BCUT2D eigenvalue weighted by Crippen LogP contribution is -1.88. The van der Waals surface area contributed by atoms with Crippen LogP contribution in [-0.2, 0) is 0 Å². The Balaban J connectivity index is 2.54. The van der Waals surface area contributed by atoms with E-state index in [-0.39, 0.29) is 5.82 Å². The molecule has 0 heterocycles. The highest BCUT2D eigenvalue weighted by Gasteiger charge is 2.10. The normalized spacial score (nSPS) is 10.4. The smallest absolute Gasteiger partial charge is 0.156 e. The number of halogens is 3. The Labute approximate surface area is 109 Å². The van der Waals surface area contributed by atoms with Gasteiger partial charge in [-0.3, -0.25) is 0 Å². The molecule has 1 radical (unpaired) electrons. The molecule has 0 amide bonds. The van der Waals surface area contributed by atoms with Crippen molar-refractivity contribution in [2.75, 3.05) is 7.11 Å². The van der Waals surface area contributed by atoms with Crippen LogP contribution in [0, 0.1) is 11.9 Å². The zero-order valence-electron chi connectivity index (χ0n) is 8.93. The highest BCUT2D eigenvalue weighted by molar-refractivity contribution is 6.37. The number of benzene rings is 2. The van der Waals surface area contributed by atoms with E-state index in [9.17, 15) is 4.39 Å². The second-order valence-electron chi connectivity index (χ2n) is 3.39. The molecule has 87 valence electrons. The minimum atomic E-state index is -0.332. The van der Waals surface area contributed by atoms with Gasteiger partial charge in [-0.1, -0.05) is 29.3 Å². The van der Waals surface area contributed by atoms with Gasteiger partial charge in [0.25, 0.3) is 0 Å². The zero-order valence-corrected chi connectivity index (χ0v) is 10.4. The Kier molecular flexibility index (Phi) is 3.55. The Hall–Kier alpha value is -1.25. The second-order valence-corrected chi connectivity index (χ2v) is 4.21. The first-order valence-corrected chi connectivity index (χ1v) is 5.58. The molecule has 4 heteroatoms. The third kappa shape index (κ3) is 2.54. The molecule has 0 fully saturated rings. The molecule has 0 aliphatic carbocycles. The quantitative estimate of drug-likeness (QED) is 0.774. The fourth-order valence-electron chi connectivity index (χ4n) is 1.52. The van der Waals surface area contributed by atoms with Crippen LogP contribution in [0.1, 0.15) is 0 Å². The summed E-state index contributed by atoms with van der Waals surface area (Å²) in [5.74, 6) is 0.0790. The maximum absolute atomic E-state index is 13.1. The average Bonchev–Trinajstić information content (AvgIpc) is 2.28. The largest absolute Gasteiger partial charge is 0.494 e. The highest BCUT2D eigenvalue weighted by Crippen LogP contribution is 2.37. The molecule has 0 atom stereocenters. The SMILES string of the molecule is COc1c(Cl)cc(-c2[c]ccc(F)c2)cc1Cl. The van der Waals surface area contributed by atoms with E-state index in [1.165, 1.54) is 25.3 Å². The minimum absolute atomic E-state index is 0.332. The maximum Gasteiger partial charge on any atom is 0.156 e. The predicted molar refractivity (Wildman–Crippen MR) is 67.2 cm³/mol. The number of ether oxygens (including phenoxy) is 1. The summed E-state index contributed by atoms with van der Waals surface area (Å²) < 4.78 is 18.1. The Morgan fingerprint density at radius 1 is 1.18 bits per heavy atom. The van der Waals surface area contributed by atoms with Crippen LogP contribution >= 0.6 is 23.2 Å². The fraction of sp³-hybridized carbons (Fsp3) is 0.0769. The van der Waals surface area contributed by atoms with Gasteiger partial charge in [-0.05, 0) is 41.5 Å². The summed E-state index contributed by atoms with van der Waals surface area (Å²) >= 11 is 12.0. The second kappa shape index (κ2) is 4.94. The topological polar surface area (TPSA) is 9.23 Å². The van der Waals surface area contributed by atoms with E-state index in [1.54, 1.807) is 12.1 Å². The van der Waals surface area contributed by atoms with Crippen molar-refractivity contribution in [1.29, 1.82) is 0 Å². The molecule has 1 nitrogen and oxygen atoms in total. The summed E-state index contributed by atoms with van der Waals surface area (Å²) in [5, 5.41) is 0.764. The standard InChI is InChI=1S/C13H8Cl2FO/c1-17-13-11(14)6-9(7-12(13)15)8-3-2-4-10(16)5-8/h2,4-7H,1H3. The van der Waals surface area contributed by atoms with Crippen molar-refractivity contribution in [3.8, 4) is 16.9 Å². The van der Waals surface area contributed by atoms with Crippen molar-refractivity contribution in [2.24, 2.45) is 0 Å². The zero-order chi connectivity index (χ0) is 12.4. The molecule has 0 bridgehead atoms. The van der Waals surface area contributed by atoms with Gasteiger partial charge in [-0.25, -0.2) is 4.39 Å². The van der Waals surface area contributed by atoms with Crippen molar-refractivity contribution in [3.63, 3.8) is 0 Å². The fourth-order valence-corrected chi connectivity index (χ4v) is 2.16. The first-order valence-electron chi connectivity index (χ1n) is 4.82. The molecule has 0 saturated heterocycles. The molecule has 0 spiro atoms. The Morgan fingerprint density at radius 3 is 2.35 bits per heavy atom. The molecule has 2 aromatic carbocycles. The predicted octanol–water partition coefficient (Wildman–Crippen LogP) is 4.61. The van der Waals surface area contributed by atoms with Crippen molar-refractivity contribution >= 4 is 23.2 Å². The van der Waals surface area contributed by atoms with Gasteiger partial charge in [0, 0.05) is 0 Å². The van der Waals surface area contributed by atoms with E-state index in [1.807, 2.05) is 0 Å². The first kappa shape index (κ1) is 12.2. The summed E-state index contributed by atoms with van der Waals surface area (Å²) in [6, 6.07) is 10.5. The molecular weight excluding hydrogens is 262 g/mol. The van der Waals surface area contributed by atoms with E-state index < -0.39 is 0 Å². The molecule has 17 heavy (non-hydrogen) atoms. The third-order valence-electron chi connectivity index (χ3n) is 2.28. The highest BCUT2D eigenvalue weighted by atomic mass is 35.5. The molecule has 2 rings (SSSR count). The van der Waals surface area contributed by atoms with E-state index in [4.69, 9.17) is 27.9 Å². The van der Waals surface area contributed by atoms with Crippen LogP contribution < -0.4 is 4.74 Å². The Morgan fingerprint density at radius 2 is 1.82 bits per heavy atom. The molecule has 0 unspecified atom stereocenters. The van der Waals surface area contributed by atoms with Crippen molar-refractivity contribution < 1.29 is 9.13 Å². The summed E-state index contributed by atoms with van der Waals surface area (Å²) in [5.41, 5.74) is 1.29. The summed E-state index contributed by atoms with van der Waals surface area (Å²) in [6.07, 6.45) is 0. The summed E-state index contributed by atoms with van der Waals surface area (Å²) in [7, 11) is 1.49. The molecule has 0 N–H and O–H groups in total. The van der Waals surface area contributed by atoms with Crippen LogP contribution in [0.25, 0.3) is 11.1 Å². The first-order chi connectivity index (χ1) is 8.11. The minimum Gasteiger partial charge on any atom is -0.494 e. The monoisotopic (exact) mass is 269 g/mol. The number of methoxy groups -OCH3 is 1. The van der Waals surface area contributed by atoms with Crippen LogP contribution in [0.5, 0.6) is 5.75 Å². The molecule has 0 aromatic heterocycles. The molecule has 0 aliphatic rings. The van der Waals surface area contributed by atoms with Gasteiger partial charge in [0.05, 0.1) is 17.2 Å². The van der Waals surface area contributed by atoms with E-state index in [2.05, 4.69) is 6.07 Å². The van der Waals surface area contributed by atoms with Gasteiger partial charge in [0.2, 0.25) is 0 Å². The van der Waals surface area contributed by atoms with Gasteiger partial charge in [-0.15, -0.1) is 0 Å². The van der Waals surface area contributed by atoms with Gasteiger partial charge >= 0.3 is 0 Å². The van der Waals surface area contributed by atoms with Crippen molar-refractivity contribution in [3.05, 3.63) is 52.3 Å². The summed E-state index contributed by atoms with van der Waals surface area (Å²) in [4.78, 5) is 0. The van der Waals surface area contributed by atoms with Crippen LogP contribution in [0.4, 0.5) is 4.39 Å². The van der Waals surface area contributed by atoms with Crippen molar-refractivity contribution in [2.45, 2.75) is 0 Å². The lowest BCUT2D eigenvalue weighted by molar-refractivity contribution is 0.415. The van der Waals surface area contributed by atoms with Crippen LogP contribution in [-0.4, -0.2) is 7.11 Å². The number of hydrogen-bond donors (Lipinski definition) is 0. The molecule has 2 aromatic rings. The lowest BCUT2D eigenvalue weighted by Gasteiger charge is -2.08. The number of rotatable bonds is 2. The molecular formula is C13H8Cl2FO. The van der Waals surface area contributed by atoms with Gasteiger partial charge in [-0.2, -0.15) is 0 Å². The number of hydrogen-bond acceptors (Lipinski definition) is 1. The van der Waals surface area contributed by atoms with Crippen LogP contribution in [0.2, 0.25) is 10.0 Å². The molecule has 0 saturated carbocycles. The lowest BCUT2D eigenvalue weighted by atomic mass is 10.1. The van der Waals surface area contributed by atoms with E-state index in [0.717, 1.165) is 0 Å². The maximum atomic E-state index is 13.1. The van der Waals surface area contributed by atoms with Gasteiger partial charge < -0.3 is 4.74 Å². The van der Waals surface area contributed by atoms with Crippen molar-refractivity contribution in [1.82, 2.24) is 0 Å². The summed E-state index contributed by atoms with van der Waals surface area (Å²) in [6.45, 7) is 0. The third-order valence-corrected chi connectivity index (χ3v) is 2.84. The van der Waals surface area contributed by atoms with Gasteiger partial charge in [0.15, 0.2) is 5.75 Å². The van der Waals surface area contributed by atoms with E-state index >= 15 is 0 Å². The Bertz CT molecular complexity index is 532. The van der Waals surface area contributed by atoms with Gasteiger partial charge in [0.1, 0.15) is 5.82 Å².